The zero-order valence-electron chi connectivity index (χ0n) is 10.7. The Morgan fingerprint density at radius 3 is 2.71 bits per heavy atom. The highest BCUT2D eigenvalue weighted by Crippen LogP contribution is 2.25. The lowest BCUT2D eigenvalue weighted by Gasteiger charge is -2.12. The number of thiocarbonyl (C=S) groups is 1. The Hall–Kier alpha value is -1.71. The van der Waals surface area contributed by atoms with Crippen LogP contribution in [0.15, 0.2) is 29.4 Å². The number of aromatic nitrogens is 2. The molecule has 1 heterocycles. The van der Waals surface area contributed by atoms with Gasteiger partial charge < -0.3 is 5.73 Å². The van der Waals surface area contributed by atoms with Gasteiger partial charge in [0.05, 0.1) is 22.5 Å². The Morgan fingerprint density at radius 2 is 2.19 bits per heavy atom. The van der Waals surface area contributed by atoms with E-state index in [4.69, 9.17) is 29.6 Å². The fourth-order valence-corrected chi connectivity index (χ4v) is 3.69. The third kappa shape index (κ3) is 2.99. The van der Waals surface area contributed by atoms with Crippen molar-refractivity contribution in [3.05, 3.63) is 40.8 Å². The van der Waals surface area contributed by atoms with Crippen molar-refractivity contribution < 1.29 is 12.8 Å². The third-order valence-corrected chi connectivity index (χ3v) is 4.68. The molecular formula is C11H10ClFN4O2S2. The minimum Gasteiger partial charge on any atom is -0.389 e. The molecule has 0 aliphatic carbocycles. The van der Waals surface area contributed by atoms with Crippen molar-refractivity contribution in [3.63, 3.8) is 0 Å². The number of nitrogens with one attached hydrogen (secondary N) is 1. The zero-order valence-corrected chi connectivity index (χ0v) is 13.1. The number of aryl methyl sites for hydroxylation is 1. The molecule has 0 saturated heterocycles. The van der Waals surface area contributed by atoms with Gasteiger partial charge in [-0.05, 0) is 12.1 Å². The van der Waals surface area contributed by atoms with Crippen LogP contribution >= 0.6 is 23.8 Å². The summed E-state index contributed by atoms with van der Waals surface area (Å²) in [6, 6.07) is 3.81. The smallest absolute Gasteiger partial charge is 0.280 e. The molecule has 2 rings (SSSR count). The van der Waals surface area contributed by atoms with Crippen LogP contribution in [-0.4, -0.2) is 23.2 Å². The maximum absolute atomic E-state index is 13.7. The van der Waals surface area contributed by atoms with Gasteiger partial charge in [-0.15, -0.1) is 0 Å². The van der Waals surface area contributed by atoms with Gasteiger partial charge in [0.15, 0.2) is 5.03 Å². The highest BCUT2D eigenvalue weighted by molar-refractivity contribution is 7.92. The van der Waals surface area contributed by atoms with Gasteiger partial charge in [0.2, 0.25) is 0 Å². The van der Waals surface area contributed by atoms with Crippen molar-refractivity contribution in [2.45, 2.75) is 5.03 Å². The number of hydrogen-bond donors (Lipinski definition) is 2. The molecule has 1 aromatic heterocycles. The molecule has 0 atom stereocenters. The van der Waals surface area contributed by atoms with Crippen LogP contribution in [0.4, 0.5) is 10.1 Å². The van der Waals surface area contributed by atoms with Crippen molar-refractivity contribution in [2.75, 3.05) is 4.72 Å². The molecule has 0 aliphatic rings. The van der Waals surface area contributed by atoms with Crippen LogP contribution < -0.4 is 10.5 Å². The van der Waals surface area contributed by atoms with E-state index in [1.165, 1.54) is 25.4 Å². The van der Waals surface area contributed by atoms with Crippen molar-refractivity contribution in [2.24, 2.45) is 12.8 Å². The highest BCUT2D eigenvalue weighted by Gasteiger charge is 2.24. The summed E-state index contributed by atoms with van der Waals surface area (Å²) in [5.41, 5.74) is 5.17. The lowest BCUT2D eigenvalue weighted by atomic mass is 10.2. The molecule has 0 bridgehead atoms. The Morgan fingerprint density at radius 1 is 1.52 bits per heavy atom. The molecule has 3 N–H and O–H groups in total. The second kappa shape index (κ2) is 5.58. The van der Waals surface area contributed by atoms with Crippen LogP contribution in [0.5, 0.6) is 0 Å². The SMILES string of the molecule is Cn1ncc(Cl)c1S(=O)(=O)Nc1cccc(F)c1C(N)=S. The van der Waals surface area contributed by atoms with E-state index in [1.54, 1.807) is 0 Å². The number of nitrogens with two attached hydrogens (primary N) is 1. The van der Waals surface area contributed by atoms with Gasteiger partial charge in [0, 0.05) is 7.05 Å². The maximum Gasteiger partial charge on any atom is 0.280 e. The van der Waals surface area contributed by atoms with E-state index in [-0.39, 0.29) is 26.3 Å². The first-order valence-corrected chi connectivity index (χ1v) is 7.79. The van der Waals surface area contributed by atoms with Gasteiger partial charge in [0.1, 0.15) is 10.8 Å². The van der Waals surface area contributed by atoms with E-state index >= 15 is 0 Å². The van der Waals surface area contributed by atoms with Crippen molar-refractivity contribution in [1.29, 1.82) is 0 Å². The molecule has 0 fully saturated rings. The largest absolute Gasteiger partial charge is 0.389 e. The van der Waals surface area contributed by atoms with Gasteiger partial charge in [0.25, 0.3) is 10.0 Å². The molecule has 112 valence electrons. The third-order valence-electron chi connectivity index (χ3n) is 2.60. The van der Waals surface area contributed by atoms with Gasteiger partial charge in [-0.2, -0.15) is 13.5 Å². The fraction of sp³-hybridized carbons (Fsp3) is 0.0909. The van der Waals surface area contributed by atoms with Crippen LogP contribution in [-0.2, 0) is 17.1 Å². The van der Waals surface area contributed by atoms with Crippen molar-refractivity contribution >= 4 is 44.5 Å². The van der Waals surface area contributed by atoms with E-state index in [0.717, 1.165) is 10.7 Å². The molecule has 0 radical (unpaired) electrons. The number of anilines is 1. The van der Waals surface area contributed by atoms with Crippen LogP contribution in [0.2, 0.25) is 5.02 Å². The maximum atomic E-state index is 13.7. The molecule has 0 amide bonds. The topological polar surface area (TPSA) is 90.0 Å². The predicted molar refractivity (Wildman–Crippen MR) is 81.3 cm³/mol. The van der Waals surface area contributed by atoms with Crippen LogP contribution in [0.1, 0.15) is 5.56 Å². The number of rotatable bonds is 4. The molecule has 10 heteroatoms. The summed E-state index contributed by atoms with van der Waals surface area (Å²) in [5.74, 6) is -0.723. The zero-order chi connectivity index (χ0) is 15.8. The van der Waals surface area contributed by atoms with Gasteiger partial charge in [-0.3, -0.25) is 9.40 Å². The van der Waals surface area contributed by atoms with Crippen molar-refractivity contribution in [3.8, 4) is 0 Å². The highest BCUT2D eigenvalue weighted by atomic mass is 35.5. The Balaban J connectivity index is 2.53. The summed E-state index contributed by atoms with van der Waals surface area (Å²) in [6.07, 6.45) is 1.19. The Bertz CT molecular complexity index is 800. The van der Waals surface area contributed by atoms with Gasteiger partial charge in [-0.1, -0.05) is 29.9 Å². The molecule has 2 aromatic rings. The van der Waals surface area contributed by atoms with Crippen LogP contribution in [0.3, 0.4) is 0 Å². The lowest BCUT2D eigenvalue weighted by Crippen LogP contribution is -2.21. The molecule has 6 nitrogen and oxygen atoms in total. The summed E-state index contributed by atoms with van der Waals surface area (Å²) < 4.78 is 41.7. The van der Waals surface area contributed by atoms with Gasteiger partial charge in [-0.25, -0.2) is 4.39 Å². The molecule has 0 unspecified atom stereocenters. The second-order valence-corrected chi connectivity index (χ2v) is 6.50. The average molecular weight is 349 g/mol. The van der Waals surface area contributed by atoms with E-state index < -0.39 is 15.8 Å². The van der Waals surface area contributed by atoms with Gasteiger partial charge >= 0.3 is 0 Å². The van der Waals surface area contributed by atoms with E-state index in [9.17, 15) is 12.8 Å². The molecular weight excluding hydrogens is 339 g/mol. The first-order chi connectivity index (χ1) is 9.74. The minimum absolute atomic E-state index is 0.0571. The second-order valence-electron chi connectivity index (χ2n) is 4.05. The molecule has 1 aromatic carbocycles. The van der Waals surface area contributed by atoms with E-state index in [0.29, 0.717) is 0 Å². The Labute approximate surface area is 130 Å². The minimum atomic E-state index is -4.07. The standard InChI is InChI=1S/C11H10ClFN4O2S2/c1-17-11(6(12)5-15-17)21(18,19)16-8-4-2-3-7(13)9(8)10(14)20/h2-5,16H,1H3,(H2,14,20). The van der Waals surface area contributed by atoms with Crippen molar-refractivity contribution in [1.82, 2.24) is 9.78 Å². The Kier molecular flexibility index (Phi) is 4.17. The summed E-state index contributed by atoms with van der Waals surface area (Å²) >= 11 is 10.5. The van der Waals surface area contributed by atoms with Crippen LogP contribution in [0, 0.1) is 5.82 Å². The average Bonchev–Trinajstić information content (AvgIpc) is 2.68. The first kappa shape index (κ1) is 15.7. The molecule has 0 saturated carbocycles. The first-order valence-electron chi connectivity index (χ1n) is 5.52. The van der Waals surface area contributed by atoms with E-state index in [1.807, 2.05) is 0 Å². The number of benzene rings is 1. The lowest BCUT2D eigenvalue weighted by molar-refractivity contribution is 0.582. The monoisotopic (exact) mass is 348 g/mol. The molecule has 0 spiro atoms. The summed E-state index contributed by atoms with van der Waals surface area (Å²) in [6.45, 7) is 0. The number of halogens is 2. The fourth-order valence-electron chi connectivity index (χ4n) is 1.75. The molecule has 21 heavy (non-hydrogen) atoms. The summed E-state index contributed by atoms with van der Waals surface area (Å²) in [5, 5.41) is 3.44. The number of hydrogen-bond acceptors (Lipinski definition) is 4. The summed E-state index contributed by atoms with van der Waals surface area (Å²) in [4.78, 5) is -0.262. The van der Waals surface area contributed by atoms with Crippen LogP contribution in [0.25, 0.3) is 0 Å². The molecule has 0 aliphatic heterocycles. The summed E-state index contributed by atoms with van der Waals surface area (Å²) in [7, 11) is -2.65. The predicted octanol–water partition coefficient (Wildman–Crippen LogP) is 1.65. The normalized spacial score (nSPS) is 11.4. The van der Waals surface area contributed by atoms with E-state index in [2.05, 4.69) is 9.82 Å². The number of sulfonamides is 1. The quantitative estimate of drug-likeness (QED) is 0.820. The number of nitrogens with zero attached hydrogens (tertiary/aromatic N) is 2.